The largest absolute Gasteiger partial charge is 0.382 e. The number of benzene rings is 3. The molecule has 0 saturated carbocycles. The van der Waals surface area contributed by atoms with Gasteiger partial charge in [-0.2, -0.15) is 0 Å². The van der Waals surface area contributed by atoms with Crippen molar-refractivity contribution < 1.29 is 23.9 Å². The predicted molar refractivity (Wildman–Crippen MR) is 150 cm³/mol. The van der Waals surface area contributed by atoms with Gasteiger partial charge in [-0.3, -0.25) is 19.2 Å². The lowest BCUT2D eigenvalue weighted by atomic mass is 10.0. The van der Waals surface area contributed by atoms with E-state index in [0.29, 0.717) is 6.42 Å². The van der Waals surface area contributed by atoms with Crippen LogP contribution in [0.25, 0.3) is 10.8 Å². The first kappa shape index (κ1) is 29.3. The second-order valence-electron chi connectivity index (χ2n) is 9.47. The number of hydrogen-bond acceptors (Lipinski definition) is 5. The maximum atomic E-state index is 13.2. The van der Waals surface area contributed by atoms with Gasteiger partial charge in [0.05, 0.1) is 13.0 Å². The zero-order valence-electron chi connectivity index (χ0n) is 22.6. The fourth-order valence-electron chi connectivity index (χ4n) is 4.11. The smallest absolute Gasteiger partial charge is 0.245 e. The molecule has 4 amide bonds. The topological polar surface area (TPSA) is 117 Å². The van der Waals surface area contributed by atoms with Gasteiger partial charge in [0.1, 0.15) is 12.1 Å². The normalized spacial score (nSPS) is 12.3. The van der Waals surface area contributed by atoms with Gasteiger partial charge in [-0.25, -0.2) is 0 Å². The molecular weight excluding hydrogens is 496 g/mol. The zero-order chi connectivity index (χ0) is 28.2. The van der Waals surface area contributed by atoms with Crippen LogP contribution >= 0.6 is 0 Å². The number of carbonyl (C=O) groups is 4. The summed E-state index contributed by atoms with van der Waals surface area (Å²) >= 11 is 0. The van der Waals surface area contributed by atoms with E-state index in [4.69, 9.17) is 4.74 Å². The van der Waals surface area contributed by atoms with E-state index in [9.17, 15) is 19.2 Å². The van der Waals surface area contributed by atoms with Crippen molar-refractivity contribution in [2.24, 2.45) is 0 Å². The van der Waals surface area contributed by atoms with Crippen molar-refractivity contribution in [2.75, 3.05) is 27.8 Å². The van der Waals surface area contributed by atoms with Crippen LogP contribution in [-0.4, -0.2) is 68.4 Å². The number of carbonyl (C=O) groups excluding carboxylic acids is 4. The van der Waals surface area contributed by atoms with Gasteiger partial charge in [-0.15, -0.1) is 0 Å². The number of aryl methyl sites for hydroxylation is 1. The summed E-state index contributed by atoms with van der Waals surface area (Å²) in [4.78, 5) is 52.7. The first-order chi connectivity index (χ1) is 18.8. The Hall–Kier alpha value is -4.24. The molecule has 0 heterocycles. The van der Waals surface area contributed by atoms with Crippen molar-refractivity contribution in [3.05, 3.63) is 83.9 Å². The molecule has 39 heavy (non-hydrogen) atoms. The number of ether oxygens (including phenoxy) is 1. The average Bonchev–Trinajstić information content (AvgIpc) is 2.94. The zero-order valence-corrected chi connectivity index (χ0v) is 22.6. The Morgan fingerprint density at radius 2 is 1.51 bits per heavy atom. The van der Waals surface area contributed by atoms with E-state index in [1.165, 1.54) is 12.0 Å². The third-order valence-corrected chi connectivity index (χ3v) is 6.31. The summed E-state index contributed by atoms with van der Waals surface area (Å²) in [5.41, 5.74) is 1.92. The van der Waals surface area contributed by atoms with Gasteiger partial charge in [0.25, 0.3) is 0 Å². The summed E-state index contributed by atoms with van der Waals surface area (Å²) < 4.78 is 5.18. The van der Waals surface area contributed by atoms with Crippen LogP contribution in [0.5, 0.6) is 0 Å². The molecule has 3 N–H and O–H groups in total. The quantitative estimate of drug-likeness (QED) is 0.312. The molecule has 0 unspecified atom stereocenters. The van der Waals surface area contributed by atoms with Gasteiger partial charge in [0.15, 0.2) is 0 Å². The lowest BCUT2D eigenvalue weighted by Crippen LogP contribution is -2.56. The Morgan fingerprint density at radius 3 is 2.23 bits per heavy atom. The minimum atomic E-state index is -1.15. The van der Waals surface area contributed by atoms with E-state index >= 15 is 0 Å². The molecule has 206 valence electrons. The lowest BCUT2D eigenvalue weighted by Gasteiger charge is -2.23. The standard InChI is InChI=1S/C30H36N4O5/c1-34(2)28(36)18-25(32-27(35)17-16-21-10-5-4-6-11-21)30(38)33-26(20-39-3)29(37)31-19-23-14-9-13-22-12-7-8-15-24(22)23/h4-15,25-26H,16-20H2,1-3H3,(H,31,37)(H,32,35)(H,33,38)/t25-,26-/m0/s1. The van der Waals surface area contributed by atoms with Crippen LogP contribution in [-0.2, 0) is 36.9 Å². The van der Waals surface area contributed by atoms with E-state index in [1.54, 1.807) is 14.1 Å². The van der Waals surface area contributed by atoms with Gasteiger partial charge < -0.3 is 25.6 Å². The first-order valence-electron chi connectivity index (χ1n) is 12.9. The van der Waals surface area contributed by atoms with Crippen molar-refractivity contribution in [3.8, 4) is 0 Å². The van der Waals surface area contributed by atoms with E-state index < -0.39 is 23.9 Å². The molecule has 9 nitrogen and oxygen atoms in total. The minimum absolute atomic E-state index is 0.0799. The molecular formula is C30H36N4O5. The summed E-state index contributed by atoms with van der Waals surface area (Å²) in [6.45, 7) is 0.179. The Labute approximate surface area is 228 Å². The predicted octanol–water partition coefficient (Wildman–Crippen LogP) is 2.18. The monoisotopic (exact) mass is 532 g/mol. The molecule has 0 aliphatic rings. The summed E-state index contributed by atoms with van der Waals surface area (Å²) in [5, 5.41) is 10.3. The SMILES string of the molecule is COC[C@H](NC(=O)[C@H](CC(=O)N(C)C)NC(=O)CCc1ccccc1)C(=O)NCc1cccc2ccccc12. The van der Waals surface area contributed by atoms with Crippen molar-refractivity contribution in [3.63, 3.8) is 0 Å². The van der Waals surface area contributed by atoms with Crippen LogP contribution in [0, 0.1) is 0 Å². The molecule has 0 radical (unpaired) electrons. The van der Waals surface area contributed by atoms with Gasteiger partial charge in [0, 0.05) is 34.2 Å². The molecule has 3 aromatic rings. The highest BCUT2D eigenvalue weighted by Gasteiger charge is 2.29. The Balaban J connectivity index is 1.65. The van der Waals surface area contributed by atoms with Crippen molar-refractivity contribution in [1.82, 2.24) is 20.9 Å². The molecule has 3 aromatic carbocycles. The second kappa shape index (κ2) is 14.6. The second-order valence-corrected chi connectivity index (χ2v) is 9.47. The highest BCUT2D eigenvalue weighted by atomic mass is 16.5. The molecule has 0 aromatic heterocycles. The first-order valence-corrected chi connectivity index (χ1v) is 12.9. The molecule has 0 spiro atoms. The third kappa shape index (κ3) is 8.93. The molecule has 0 aliphatic heterocycles. The highest BCUT2D eigenvalue weighted by molar-refractivity contribution is 5.95. The minimum Gasteiger partial charge on any atom is -0.382 e. The van der Waals surface area contributed by atoms with E-state index in [0.717, 1.165) is 21.9 Å². The molecule has 0 aliphatic carbocycles. The van der Waals surface area contributed by atoms with Gasteiger partial charge in [0.2, 0.25) is 23.6 Å². The van der Waals surface area contributed by atoms with Crippen LogP contribution in [0.1, 0.15) is 24.0 Å². The number of amides is 4. The van der Waals surface area contributed by atoms with E-state index in [-0.39, 0.29) is 37.8 Å². The molecule has 0 fully saturated rings. The van der Waals surface area contributed by atoms with Crippen molar-refractivity contribution in [1.29, 1.82) is 0 Å². The molecule has 2 atom stereocenters. The Bertz CT molecular complexity index is 1270. The van der Waals surface area contributed by atoms with Gasteiger partial charge in [-0.05, 0) is 28.3 Å². The third-order valence-electron chi connectivity index (χ3n) is 6.31. The summed E-state index contributed by atoms with van der Waals surface area (Å²) in [6, 6.07) is 21.1. The van der Waals surface area contributed by atoms with Crippen molar-refractivity contribution >= 4 is 34.4 Å². The van der Waals surface area contributed by atoms with Crippen LogP contribution in [0.2, 0.25) is 0 Å². The Morgan fingerprint density at radius 1 is 0.821 bits per heavy atom. The molecule has 0 bridgehead atoms. The van der Waals surface area contributed by atoms with Gasteiger partial charge >= 0.3 is 0 Å². The summed E-state index contributed by atoms with van der Waals surface area (Å²) in [6.07, 6.45) is 0.399. The van der Waals surface area contributed by atoms with Gasteiger partial charge in [-0.1, -0.05) is 72.8 Å². The Kier molecular flexibility index (Phi) is 11.0. The van der Waals surface area contributed by atoms with Crippen LogP contribution < -0.4 is 16.0 Å². The van der Waals surface area contributed by atoms with Crippen LogP contribution in [0.15, 0.2) is 72.8 Å². The van der Waals surface area contributed by atoms with Crippen molar-refractivity contribution in [2.45, 2.75) is 37.9 Å². The summed E-state index contributed by atoms with van der Waals surface area (Å²) in [7, 11) is 4.57. The number of nitrogens with one attached hydrogen (secondary N) is 3. The van der Waals surface area contributed by atoms with Crippen LogP contribution in [0.3, 0.4) is 0 Å². The molecule has 3 rings (SSSR count). The number of fused-ring (bicyclic) bond motifs is 1. The maximum Gasteiger partial charge on any atom is 0.245 e. The number of rotatable bonds is 13. The fourth-order valence-corrected chi connectivity index (χ4v) is 4.11. The number of nitrogens with zero attached hydrogens (tertiary/aromatic N) is 1. The number of hydrogen-bond donors (Lipinski definition) is 3. The maximum absolute atomic E-state index is 13.2. The van der Waals surface area contributed by atoms with E-state index in [2.05, 4.69) is 16.0 Å². The van der Waals surface area contributed by atoms with Crippen LogP contribution in [0.4, 0.5) is 0 Å². The van der Waals surface area contributed by atoms with E-state index in [1.807, 2.05) is 72.8 Å². The average molecular weight is 533 g/mol. The lowest BCUT2D eigenvalue weighted by molar-refractivity contribution is -0.136. The molecule has 9 heteroatoms. The molecule has 0 saturated heterocycles. The fraction of sp³-hybridized carbons (Fsp3) is 0.333. The number of methoxy groups -OCH3 is 1. The highest BCUT2D eigenvalue weighted by Crippen LogP contribution is 2.18. The summed E-state index contributed by atoms with van der Waals surface area (Å²) in [5.74, 6) is -1.77.